The SMILES string of the molecule is COc1ccccc1CC(=O)C(C)Br. The number of methoxy groups -OCH3 is 1. The first kappa shape index (κ1) is 11.2. The van der Waals surface area contributed by atoms with Gasteiger partial charge in [-0.3, -0.25) is 4.79 Å². The normalized spacial score (nSPS) is 12.2. The number of ether oxygens (including phenoxy) is 1. The summed E-state index contributed by atoms with van der Waals surface area (Å²) in [5.74, 6) is 0.934. The van der Waals surface area contributed by atoms with Crippen LogP contribution in [0.4, 0.5) is 0 Å². The van der Waals surface area contributed by atoms with Crippen molar-refractivity contribution in [1.29, 1.82) is 0 Å². The van der Waals surface area contributed by atoms with Gasteiger partial charge in [0, 0.05) is 12.0 Å². The third-order valence-electron chi connectivity index (χ3n) is 2.00. The highest BCUT2D eigenvalue weighted by Gasteiger charge is 2.12. The van der Waals surface area contributed by atoms with Crippen molar-refractivity contribution in [3.63, 3.8) is 0 Å². The first-order valence-corrected chi connectivity index (χ1v) is 5.35. The average molecular weight is 257 g/mol. The summed E-state index contributed by atoms with van der Waals surface area (Å²) in [5.41, 5.74) is 0.936. The van der Waals surface area contributed by atoms with Gasteiger partial charge in [-0.15, -0.1) is 0 Å². The summed E-state index contributed by atoms with van der Waals surface area (Å²) in [6.45, 7) is 1.83. The minimum absolute atomic E-state index is 0.104. The molecule has 0 heterocycles. The molecule has 0 bridgehead atoms. The quantitative estimate of drug-likeness (QED) is 0.775. The molecule has 0 aromatic heterocycles. The summed E-state index contributed by atoms with van der Waals surface area (Å²) in [6, 6.07) is 7.57. The van der Waals surface area contributed by atoms with Gasteiger partial charge in [-0.1, -0.05) is 34.1 Å². The van der Waals surface area contributed by atoms with Crippen LogP contribution < -0.4 is 4.74 Å². The molecular weight excluding hydrogens is 244 g/mol. The number of ketones is 1. The molecule has 1 aromatic rings. The van der Waals surface area contributed by atoms with E-state index in [-0.39, 0.29) is 10.6 Å². The zero-order valence-corrected chi connectivity index (χ0v) is 9.87. The third kappa shape index (κ3) is 2.84. The van der Waals surface area contributed by atoms with Crippen LogP contribution in [-0.2, 0) is 11.2 Å². The van der Waals surface area contributed by atoms with Crippen molar-refractivity contribution >= 4 is 21.7 Å². The van der Waals surface area contributed by atoms with E-state index >= 15 is 0 Å². The van der Waals surface area contributed by atoms with Gasteiger partial charge in [0.2, 0.25) is 0 Å². The first-order chi connectivity index (χ1) is 6.65. The highest BCUT2D eigenvalue weighted by atomic mass is 79.9. The first-order valence-electron chi connectivity index (χ1n) is 4.44. The summed E-state index contributed by atoms with van der Waals surface area (Å²) >= 11 is 3.25. The Morgan fingerprint density at radius 1 is 1.50 bits per heavy atom. The van der Waals surface area contributed by atoms with Gasteiger partial charge in [0.15, 0.2) is 5.78 Å². The van der Waals surface area contributed by atoms with E-state index in [0.29, 0.717) is 6.42 Å². The molecule has 0 radical (unpaired) electrons. The van der Waals surface area contributed by atoms with Crippen LogP contribution in [0.2, 0.25) is 0 Å². The molecule has 76 valence electrons. The number of carbonyl (C=O) groups is 1. The summed E-state index contributed by atoms with van der Waals surface area (Å²) < 4.78 is 5.16. The van der Waals surface area contributed by atoms with Crippen LogP contribution in [-0.4, -0.2) is 17.7 Å². The van der Waals surface area contributed by atoms with Crippen LogP contribution in [0.5, 0.6) is 5.75 Å². The second-order valence-electron chi connectivity index (χ2n) is 3.07. The number of hydrogen-bond acceptors (Lipinski definition) is 2. The summed E-state index contributed by atoms with van der Waals surface area (Å²) in [7, 11) is 1.61. The van der Waals surface area contributed by atoms with Crippen LogP contribution >= 0.6 is 15.9 Å². The Balaban J connectivity index is 2.80. The molecule has 2 nitrogen and oxygen atoms in total. The summed E-state index contributed by atoms with van der Waals surface area (Å²) in [5, 5.41) is 0. The van der Waals surface area contributed by atoms with Crippen molar-refractivity contribution in [3.8, 4) is 5.75 Å². The largest absolute Gasteiger partial charge is 0.496 e. The molecule has 14 heavy (non-hydrogen) atoms. The molecule has 0 aliphatic heterocycles. The van der Waals surface area contributed by atoms with Crippen LogP contribution in [0.15, 0.2) is 24.3 Å². The molecule has 0 amide bonds. The predicted molar refractivity (Wildman–Crippen MR) is 60.1 cm³/mol. The standard InChI is InChI=1S/C11H13BrO2/c1-8(12)10(13)7-9-5-3-4-6-11(9)14-2/h3-6,8H,7H2,1-2H3. The maximum absolute atomic E-state index is 11.5. The van der Waals surface area contributed by atoms with Gasteiger partial charge in [0.05, 0.1) is 11.9 Å². The Morgan fingerprint density at radius 3 is 2.71 bits per heavy atom. The number of carbonyl (C=O) groups excluding carboxylic acids is 1. The van der Waals surface area contributed by atoms with Crippen LogP contribution in [0, 0.1) is 0 Å². The van der Waals surface area contributed by atoms with E-state index in [1.54, 1.807) is 7.11 Å². The second kappa shape index (κ2) is 5.15. The van der Waals surface area contributed by atoms with E-state index in [1.807, 2.05) is 31.2 Å². The molecule has 3 heteroatoms. The lowest BCUT2D eigenvalue weighted by Gasteiger charge is -2.07. The fraction of sp³-hybridized carbons (Fsp3) is 0.364. The van der Waals surface area contributed by atoms with E-state index < -0.39 is 0 Å². The highest BCUT2D eigenvalue weighted by molar-refractivity contribution is 9.10. The number of Topliss-reactive ketones (excluding diaryl/α,β-unsaturated/α-hetero) is 1. The zero-order chi connectivity index (χ0) is 10.6. The maximum atomic E-state index is 11.5. The molecule has 1 unspecified atom stereocenters. The molecule has 0 fully saturated rings. The van der Waals surface area contributed by atoms with Gasteiger partial charge in [-0.05, 0) is 13.0 Å². The molecular formula is C11H13BrO2. The third-order valence-corrected chi connectivity index (χ3v) is 2.51. The lowest BCUT2D eigenvalue weighted by molar-refractivity contribution is -0.117. The smallest absolute Gasteiger partial charge is 0.150 e. The maximum Gasteiger partial charge on any atom is 0.150 e. The Labute approximate surface area is 92.4 Å². The molecule has 0 saturated carbocycles. The molecule has 1 aromatic carbocycles. The van der Waals surface area contributed by atoms with E-state index in [9.17, 15) is 4.79 Å². The Bertz CT molecular complexity index is 321. The monoisotopic (exact) mass is 256 g/mol. The molecule has 0 aliphatic rings. The molecule has 0 saturated heterocycles. The Hall–Kier alpha value is -0.830. The fourth-order valence-corrected chi connectivity index (χ4v) is 1.34. The number of hydrogen-bond donors (Lipinski definition) is 0. The lowest BCUT2D eigenvalue weighted by Crippen LogP contribution is -2.13. The fourth-order valence-electron chi connectivity index (χ4n) is 1.18. The number of rotatable bonds is 4. The number of halogens is 1. The van der Waals surface area contributed by atoms with Crippen LogP contribution in [0.3, 0.4) is 0 Å². The number of alkyl halides is 1. The Morgan fingerprint density at radius 2 is 2.14 bits per heavy atom. The molecule has 1 rings (SSSR count). The van der Waals surface area contributed by atoms with Crippen molar-refractivity contribution < 1.29 is 9.53 Å². The van der Waals surface area contributed by atoms with Gasteiger partial charge in [0.25, 0.3) is 0 Å². The van der Waals surface area contributed by atoms with Crippen molar-refractivity contribution in [2.75, 3.05) is 7.11 Å². The van der Waals surface area contributed by atoms with E-state index in [0.717, 1.165) is 11.3 Å². The predicted octanol–water partition coefficient (Wildman–Crippen LogP) is 2.59. The number of benzene rings is 1. The number of para-hydroxylation sites is 1. The van der Waals surface area contributed by atoms with Crippen LogP contribution in [0.25, 0.3) is 0 Å². The molecule has 1 atom stereocenters. The molecule has 0 aliphatic carbocycles. The van der Waals surface area contributed by atoms with Gasteiger partial charge >= 0.3 is 0 Å². The van der Waals surface area contributed by atoms with E-state index in [4.69, 9.17) is 4.74 Å². The minimum atomic E-state index is -0.104. The van der Waals surface area contributed by atoms with Crippen LogP contribution in [0.1, 0.15) is 12.5 Å². The zero-order valence-electron chi connectivity index (χ0n) is 8.29. The molecule has 0 spiro atoms. The Kier molecular flexibility index (Phi) is 4.14. The van der Waals surface area contributed by atoms with Crippen molar-refractivity contribution in [2.24, 2.45) is 0 Å². The van der Waals surface area contributed by atoms with Gasteiger partial charge in [-0.25, -0.2) is 0 Å². The summed E-state index contributed by atoms with van der Waals surface area (Å²) in [6.07, 6.45) is 0.413. The van der Waals surface area contributed by atoms with Crippen molar-refractivity contribution in [3.05, 3.63) is 29.8 Å². The lowest BCUT2D eigenvalue weighted by atomic mass is 10.1. The molecule has 0 N–H and O–H groups in total. The average Bonchev–Trinajstić information content (AvgIpc) is 2.18. The minimum Gasteiger partial charge on any atom is -0.496 e. The van der Waals surface area contributed by atoms with Crippen molar-refractivity contribution in [2.45, 2.75) is 18.2 Å². The topological polar surface area (TPSA) is 26.3 Å². The van der Waals surface area contributed by atoms with Crippen molar-refractivity contribution in [1.82, 2.24) is 0 Å². The highest BCUT2D eigenvalue weighted by Crippen LogP contribution is 2.19. The second-order valence-corrected chi connectivity index (χ2v) is 4.44. The van der Waals surface area contributed by atoms with Gasteiger partial charge in [-0.2, -0.15) is 0 Å². The summed E-state index contributed by atoms with van der Waals surface area (Å²) in [4.78, 5) is 11.4. The van der Waals surface area contributed by atoms with Gasteiger partial charge in [0.1, 0.15) is 5.75 Å². The van der Waals surface area contributed by atoms with E-state index in [2.05, 4.69) is 15.9 Å². The van der Waals surface area contributed by atoms with E-state index in [1.165, 1.54) is 0 Å². The van der Waals surface area contributed by atoms with Gasteiger partial charge < -0.3 is 4.74 Å².